The van der Waals surface area contributed by atoms with E-state index >= 15 is 0 Å². The summed E-state index contributed by atoms with van der Waals surface area (Å²) in [6.45, 7) is 10.7. The van der Waals surface area contributed by atoms with Crippen LogP contribution in [0, 0.1) is 11.8 Å². The number of halogens is 1. The van der Waals surface area contributed by atoms with Gasteiger partial charge in [0.2, 0.25) is 0 Å². The van der Waals surface area contributed by atoms with Gasteiger partial charge >= 0.3 is 0 Å². The molecule has 2 N–H and O–H groups in total. The molecule has 114 valence electrons. The van der Waals surface area contributed by atoms with Crippen LogP contribution in [0.4, 0.5) is 0 Å². The second-order valence-electron chi connectivity index (χ2n) is 6.09. The lowest BCUT2D eigenvalue weighted by molar-refractivity contribution is -0.143. The standard InChI is InChI=1S/C14H28N2O2.ClH/c1-10(2)8-16(9-11(3)4)14(17)13-6-5-12(7-15)18-13;/h10-13H,5-9,15H2,1-4H3;1H/t12-,13+;/m1./s1. The minimum atomic E-state index is -0.268. The SMILES string of the molecule is CC(C)CN(CC(C)C)C(=O)[C@@H]1CC[C@H](CN)O1.Cl. The average Bonchev–Trinajstić information content (AvgIpc) is 2.74. The Hall–Kier alpha value is -0.320. The molecule has 5 heteroatoms. The first-order valence-electron chi connectivity index (χ1n) is 7.08. The summed E-state index contributed by atoms with van der Waals surface area (Å²) >= 11 is 0. The van der Waals surface area contributed by atoms with E-state index in [0.717, 1.165) is 25.9 Å². The molecule has 0 unspecified atom stereocenters. The van der Waals surface area contributed by atoms with Gasteiger partial charge in [0.25, 0.3) is 5.91 Å². The van der Waals surface area contributed by atoms with Gasteiger partial charge in [-0.25, -0.2) is 0 Å². The summed E-state index contributed by atoms with van der Waals surface area (Å²) in [6, 6.07) is 0. The quantitative estimate of drug-likeness (QED) is 0.815. The molecule has 0 spiro atoms. The number of rotatable bonds is 6. The van der Waals surface area contributed by atoms with E-state index < -0.39 is 0 Å². The summed E-state index contributed by atoms with van der Waals surface area (Å²) in [5, 5.41) is 0. The Morgan fingerprint density at radius 3 is 2.11 bits per heavy atom. The van der Waals surface area contributed by atoms with Gasteiger partial charge in [-0.2, -0.15) is 0 Å². The zero-order valence-corrected chi connectivity index (χ0v) is 13.4. The lowest BCUT2D eigenvalue weighted by Crippen LogP contribution is -2.43. The van der Waals surface area contributed by atoms with E-state index in [1.165, 1.54) is 0 Å². The Morgan fingerprint density at radius 2 is 1.74 bits per heavy atom. The minimum absolute atomic E-state index is 0. The number of carbonyl (C=O) groups is 1. The highest BCUT2D eigenvalue weighted by atomic mass is 35.5. The van der Waals surface area contributed by atoms with Gasteiger partial charge < -0.3 is 15.4 Å². The summed E-state index contributed by atoms with van der Waals surface area (Å²) in [7, 11) is 0. The van der Waals surface area contributed by atoms with Crippen molar-refractivity contribution < 1.29 is 9.53 Å². The van der Waals surface area contributed by atoms with Crippen molar-refractivity contribution >= 4 is 18.3 Å². The van der Waals surface area contributed by atoms with Crippen molar-refractivity contribution in [1.29, 1.82) is 0 Å². The smallest absolute Gasteiger partial charge is 0.251 e. The van der Waals surface area contributed by atoms with E-state index in [0.29, 0.717) is 18.4 Å². The Bertz CT molecular complexity index is 262. The van der Waals surface area contributed by atoms with Crippen LogP contribution in [0.25, 0.3) is 0 Å². The molecule has 1 rings (SSSR count). The van der Waals surface area contributed by atoms with Gasteiger partial charge in [0.05, 0.1) is 6.10 Å². The molecule has 1 saturated heterocycles. The molecule has 0 aromatic rings. The van der Waals surface area contributed by atoms with Gasteiger partial charge in [-0.1, -0.05) is 27.7 Å². The molecule has 1 heterocycles. The Kier molecular flexibility index (Phi) is 8.62. The summed E-state index contributed by atoms with van der Waals surface area (Å²) in [6.07, 6.45) is 1.52. The molecule has 1 amide bonds. The average molecular weight is 293 g/mol. The fraction of sp³-hybridized carbons (Fsp3) is 0.929. The summed E-state index contributed by atoms with van der Waals surface area (Å²) < 4.78 is 5.70. The third kappa shape index (κ3) is 6.11. The fourth-order valence-electron chi connectivity index (χ4n) is 2.40. The fourth-order valence-corrected chi connectivity index (χ4v) is 2.40. The number of hydrogen-bond acceptors (Lipinski definition) is 3. The molecule has 0 aliphatic carbocycles. The van der Waals surface area contributed by atoms with Gasteiger partial charge in [-0.15, -0.1) is 12.4 Å². The monoisotopic (exact) mass is 292 g/mol. The molecule has 0 aromatic carbocycles. The molecule has 1 fully saturated rings. The first-order chi connectivity index (χ1) is 8.43. The summed E-state index contributed by atoms with van der Waals surface area (Å²) in [4.78, 5) is 14.4. The second kappa shape index (κ2) is 8.77. The molecule has 0 saturated carbocycles. The van der Waals surface area contributed by atoms with E-state index in [-0.39, 0.29) is 30.5 Å². The van der Waals surface area contributed by atoms with Crippen LogP contribution in [0.3, 0.4) is 0 Å². The third-order valence-electron chi connectivity index (χ3n) is 3.13. The Balaban J connectivity index is 0.00000324. The number of nitrogens with zero attached hydrogens (tertiary/aromatic N) is 1. The van der Waals surface area contributed by atoms with Gasteiger partial charge in [-0.05, 0) is 24.7 Å². The second-order valence-corrected chi connectivity index (χ2v) is 6.09. The highest BCUT2D eigenvalue weighted by molar-refractivity contribution is 5.85. The predicted octanol–water partition coefficient (Wildman–Crippen LogP) is 2.06. The lowest BCUT2D eigenvalue weighted by Gasteiger charge is -2.28. The van der Waals surface area contributed by atoms with Crippen LogP contribution < -0.4 is 5.73 Å². The first kappa shape index (κ1) is 18.7. The van der Waals surface area contributed by atoms with Crippen molar-refractivity contribution in [2.75, 3.05) is 19.6 Å². The van der Waals surface area contributed by atoms with Crippen molar-refractivity contribution in [3.05, 3.63) is 0 Å². The molecule has 0 bridgehead atoms. The number of amides is 1. The minimum Gasteiger partial charge on any atom is -0.364 e. The number of nitrogens with two attached hydrogens (primary N) is 1. The van der Waals surface area contributed by atoms with Gasteiger partial charge in [0.1, 0.15) is 6.10 Å². The Labute approximate surface area is 123 Å². The normalized spacial score (nSPS) is 22.7. The van der Waals surface area contributed by atoms with Crippen LogP contribution in [0.5, 0.6) is 0 Å². The van der Waals surface area contributed by atoms with Crippen molar-refractivity contribution in [2.24, 2.45) is 17.6 Å². The number of carbonyl (C=O) groups excluding carboxylic acids is 1. The van der Waals surface area contributed by atoms with Crippen LogP contribution in [0.2, 0.25) is 0 Å². The van der Waals surface area contributed by atoms with Crippen molar-refractivity contribution in [2.45, 2.75) is 52.7 Å². The third-order valence-corrected chi connectivity index (χ3v) is 3.13. The van der Waals surface area contributed by atoms with E-state index in [9.17, 15) is 4.79 Å². The van der Waals surface area contributed by atoms with Crippen LogP contribution >= 0.6 is 12.4 Å². The highest BCUT2D eigenvalue weighted by Gasteiger charge is 2.33. The van der Waals surface area contributed by atoms with Crippen molar-refractivity contribution in [3.8, 4) is 0 Å². The molecule has 4 nitrogen and oxygen atoms in total. The van der Waals surface area contributed by atoms with E-state index in [4.69, 9.17) is 10.5 Å². The summed E-state index contributed by atoms with van der Waals surface area (Å²) in [5.74, 6) is 1.12. The van der Waals surface area contributed by atoms with Gasteiger partial charge in [-0.3, -0.25) is 4.79 Å². The predicted molar refractivity (Wildman–Crippen MR) is 80.5 cm³/mol. The zero-order chi connectivity index (χ0) is 13.7. The topological polar surface area (TPSA) is 55.6 Å². The van der Waals surface area contributed by atoms with Crippen molar-refractivity contribution in [3.63, 3.8) is 0 Å². The summed E-state index contributed by atoms with van der Waals surface area (Å²) in [5.41, 5.74) is 5.58. The molecule has 2 atom stereocenters. The molecular weight excluding hydrogens is 264 g/mol. The van der Waals surface area contributed by atoms with Crippen LogP contribution in [0.1, 0.15) is 40.5 Å². The maximum atomic E-state index is 12.4. The van der Waals surface area contributed by atoms with Crippen LogP contribution in [-0.4, -0.2) is 42.6 Å². The lowest BCUT2D eigenvalue weighted by atomic mass is 10.1. The number of hydrogen-bond donors (Lipinski definition) is 1. The van der Waals surface area contributed by atoms with Crippen LogP contribution in [-0.2, 0) is 9.53 Å². The maximum absolute atomic E-state index is 12.4. The zero-order valence-electron chi connectivity index (χ0n) is 12.6. The van der Waals surface area contributed by atoms with Crippen LogP contribution in [0.15, 0.2) is 0 Å². The molecule has 1 aliphatic rings. The van der Waals surface area contributed by atoms with E-state index in [2.05, 4.69) is 27.7 Å². The first-order valence-corrected chi connectivity index (χ1v) is 7.08. The molecule has 19 heavy (non-hydrogen) atoms. The van der Waals surface area contributed by atoms with Gasteiger partial charge in [0, 0.05) is 19.6 Å². The van der Waals surface area contributed by atoms with E-state index in [1.807, 2.05) is 4.90 Å². The molecule has 0 aromatic heterocycles. The van der Waals surface area contributed by atoms with Gasteiger partial charge in [0.15, 0.2) is 0 Å². The Morgan fingerprint density at radius 1 is 1.21 bits per heavy atom. The highest BCUT2D eigenvalue weighted by Crippen LogP contribution is 2.21. The number of ether oxygens (including phenoxy) is 1. The van der Waals surface area contributed by atoms with E-state index in [1.54, 1.807) is 0 Å². The molecular formula is C14H29ClN2O2. The largest absolute Gasteiger partial charge is 0.364 e. The maximum Gasteiger partial charge on any atom is 0.251 e. The van der Waals surface area contributed by atoms with Crippen molar-refractivity contribution in [1.82, 2.24) is 4.90 Å². The molecule has 1 aliphatic heterocycles. The molecule has 0 radical (unpaired) electrons.